The van der Waals surface area contributed by atoms with Crippen LogP contribution in [0.15, 0.2) is 11.6 Å². The molecule has 5 rings (SSSR count). The van der Waals surface area contributed by atoms with Gasteiger partial charge < -0.3 is 14.2 Å². The minimum absolute atomic E-state index is 0.111. The van der Waals surface area contributed by atoms with Crippen LogP contribution in [0.5, 0.6) is 0 Å². The normalized spacial score (nSPS) is 41.7. The van der Waals surface area contributed by atoms with Crippen LogP contribution in [0.4, 0.5) is 0 Å². The minimum Gasteiger partial charge on any atom is -0.458 e. The van der Waals surface area contributed by atoms with Gasteiger partial charge >= 0.3 is 5.97 Å². The van der Waals surface area contributed by atoms with Crippen molar-refractivity contribution < 1.29 is 19.0 Å². The molecule has 0 aromatic carbocycles. The summed E-state index contributed by atoms with van der Waals surface area (Å²) in [5.41, 5.74) is 1.66. The van der Waals surface area contributed by atoms with Crippen LogP contribution in [-0.4, -0.2) is 31.1 Å². The Morgan fingerprint density at radius 1 is 0.923 bits per heavy atom. The van der Waals surface area contributed by atoms with E-state index in [1.54, 1.807) is 5.57 Å². The summed E-state index contributed by atoms with van der Waals surface area (Å²) >= 11 is 0. The molecule has 1 heterocycles. The summed E-state index contributed by atoms with van der Waals surface area (Å²) in [4.78, 5) is 13.2. The van der Waals surface area contributed by atoms with E-state index in [1.807, 2.05) is 20.8 Å². The number of hydrogen-bond acceptors (Lipinski definition) is 4. The van der Waals surface area contributed by atoms with Crippen molar-refractivity contribution in [2.75, 3.05) is 13.2 Å². The first-order valence-electron chi connectivity index (χ1n) is 16.5. The van der Waals surface area contributed by atoms with Crippen LogP contribution >= 0.6 is 0 Å². The molecule has 3 saturated carbocycles. The number of fused-ring (bicyclic) bond motifs is 5. The van der Waals surface area contributed by atoms with Crippen molar-refractivity contribution in [3.05, 3.63) is 11.6 Å². The van der Waals surface area contributed by atoms with Crippen LogP contribution in [0.1, 0.15) is 126 Å². The van der Waals surface area contributed by atoms with Crippen molar-refractivity contribution in [2.24, 2.45) is 51.8 Å². The molecular formula is C35H58O4. The zero-order valence-corrected chi connectivity index (χ0v) is 26.4. The van der Waals surface area contributed by atoms with E-state index >= 15 is 0 Å². The van der Waals surface area contributed by atoms with Gasteiger partial charge in [-0.2, -0.15) is 0 Å². The topological polar surface area (TPSA) is 44.8 Å². The molecule has 1 saturated heterocycles. The van der Waals surface area contributed by atoms with Gasteiger partial charge in [-0.1, -0.05) is 59.5 Å². The van der Waals surface area contributed by atoms with Gasteiger partial charge in [0.2, 0.25) is 0 Å². The highest BCUT2D eigenvalue weighted by Crippen LogP contribution is 2.67. The smallest absolute Gasteiger partial charge is 0.317 e. The molecule has 0 aromatic rings. The second-order valence-corrected chi connectivity index (χ2v) is 16.1. The Bertz CT molecular complexity index is 925. The molecule has 4 fully saturated rings. The number of esters is 1. The van der Waals surface area contributed by atoms with Gasteiger partial charge in [-0.25, -0.2) is 0 Å². The second kappa shape index (κ2) is 10.8. The zero-order chi connectivity index (χ0) is 28.2. The Kier molecular flexibility index (Phi) is 8.17. The average molecular weight is 543 g/mol. The number of carbonyl (C=O) groups excluding carboxylic acids is 1. The van der Waals surface area contributed by atoms with E-state index in [4.69, 9.17) is 14.2 Å². The van der Waals surface area contributed by atoms with Crippen molar-refractivity contribution in [2.45, 2.75) is 138 Å². The summed E-state index contributed by atoms with van der Waals surface area (Å²) in [6.07, 6.45) is 16.7. The quantitative estimate of drug-likeness (QED) is 0.238. The van der Waals surface area contributed by atoms with Gasteiger partial charge in [-0.05, 0) is 125 Å². The van der Waals surface area contributed by atoms with E-state index in [2.05, 4.69) is 40.7 Å². The number of rotatable bonds is 7. The first-order valence-corrected chi connectivity index (χ1v) is 16.5. The predicted octanol–water partition coefficient (Wildman–Crippen LogP) is 8.73. The minimum atomic E-state index is -0.731. The molecule has 39 heavy (non-hydrogen) atoms. The van der Waals surface area contributed by atoms with Gasteiger partial charge in [0.25, 0.3) is 0 Å². The third-order valence-corrected chi connectivity index (χ3v) is 12.5. The standard InChI is InChI=1S/C35H58O4/c1-23(2)10-9-11-24(3)28-14-15-29-27-13-12-25-20-26(16-18-34(25,7)30(27)17-19-35(28,29)8)39-31(36)33(6)21-37-32(4,5)38-22-33/h20,23-24,26-30H,9-19,21-22H2,1-8H3/t24-,26+,27?,28-,29?,30?,34+,35-/m1/s1. The van der Waals surface area contributed by atoms with E-state index in [1.165, 1.54) is 57.8 Å². The largest absolute Gasteiger partial charge is 0.458 e. The Balaban J connectivity index is 1.23. The maximum absolute atomic E-state index is 13.2. The lowest BCUT2D eigenvalue weighted by molar-refractivity contribution is -0.282. The van der Waals surface area contributed by atoms with Crippen molar-refractivity contribution in [3.8, 4) is 0 Å². The summed E-state index contributed by atoms with van der Waals surface area (Å²) in [5.74, 6) is 4.36. The molecule has 4 heteroatoms. The first kappa shape index (κ1) is 29.6. The molecule has 0 aromatic heterocycles. The second-order valence-electron chi connectivity index (χ2n) is 16.1. The van der Waals surface area contributed by atoms with Gasteiger partial charge in [0.15, 0.2) is 5.79 Å². The molecule has 1 aliphatic heterocycles. The lowest BCUT2D eigenvalue weighted by Gasteiger charge is -2.59. The van der Waals surface area contributed by atoms with Crippen LogP contribution in [0.2, 0.25) is 0 Å². The van der Waals surface area contributed by atoms with Crippen LogP contribution in [0.25, 0.3) is 0 Å². The lowest BCUT2D eigenvalue weighted by Crippen LogP contribution is -2.52. The van der Waals surface area contributed by atoms with Crippen molar-refractivity contribution in [3.63, 3.8) is 0 Å². The number of hydrogen-bond donors (Lipinski definition) is 0. The van der Waals surface area contributed by atoms with Crippen LogP contribution in [0.3, 0.4) is 0 Å². The van der Waals surface area contributed by atoms with Crippen molar-refractivity contribution in [1.29, 1.82) is 0 Å². The van der Waals surface area contributed by atoms with E-state index in [9.17, 15) is 4.79 Å². The van der Waals surface area contributed by atoms with E-state index in [0.29, 0.717) is 18.6 Å². The highest BCUT2D eigenvalue weighted by molar-refractivity contribution is 5.77. The van der Waals surface area contributed by atoms with Gasteiger partial charge in [0.05, 0.1) is 13.2 Å². The lowest BCUT2D eigenvalue weighted by atomic mass is 9.46. The highest BCUT2D eigenvalue weighted by atomic mass is 16.7. The molecule has 4 nitrogen and oxygen atoms in total. The van der Waals surface area contributed by atoms with Crippen LogP contribution < -0.4 is 0 Å². The molecule has 0 bridgehead atoms. The number of allylic oxidation sites excluding steroid dienone is 1. The fourth-order valence-corrected chi connectivity index (χ4v) is 9.96. The molecule has 0 N–H and O–H groups in total. The fraction of sp³-hybridized carbons (Fsp3) is 0.914. The monoisotopic (exact) mass is 542 g/mol. The highest BCUT2D eigenvalue weighted by Gasteiger charge is 2.59. The van der Waals surface area contributed by atoms with Crippen molar-refractivity contribution >= 4 is 5.97 Å². The average Bonchev–Trinajstić information content (AvgIpc) is 3.23. The van der Waals surface area contributed by atoms with E-state index < -0.39 is 11.2 Å². The van der Waals surface area contributed by atoms with E-state index in [-0.39, 0.29) is 17.5 Å². The summed E-state index contributed by atoms with van der Waals surface area (Å²) in [6, 6.07) is 0. The molecule has 0 spiro atoms. The zero-order valence-electron chi connectivity index (χ0n) is 26.4. The molecule has 3 unspecified atom stereocenters. The Morgan fingerprint density at radius 3 is 2.33 bits per heavy atom. The van der Waals surface area contributed by atoms with E-state index in [0.717, 1.165) is 48.3 Å². The maximum Gasteiger partial charge on any atom is 0.317 e. The maximum atomic E-state index is 13.2. The first-order chi connectivity index (χ1) is 18.3. The summed E-state index contributed by atoms with van der Waals surface area (Å²) in [7, 11) is 0. The molecule has 0 radical (unpaired) electrons. The van der Waals surface area contributed by atoms with Gasteiger partial charge in [0.1, 0.15) is 11.5 Å². The predicted molar refractivity (Wildman–Crippen MR) is 157 cm³/mol. The van der Waals surface area contributed by atoms with Gasteiger partial charge in [-0.15, -0.1) is 0 Å². The van der Waals surface area contributed by atoms with Gasteiger partial charge in [-0.3, -0.25) is 4.79 Å². The molecule has 0 amide bonds. The van der Waals surface area contributed by atoms with Crippen LogP contribution in [0, 0.1) is 51.8 Å². The van der Waals surface area contributed by atoms with Gasteiger partial charge in [0, 0.05) is 0 Å². The summed E-state index contributed by atoms with van der Waals surface area (Å²) in [5, 5.41) is 0. The third kappa shape index (κ3) is 5.52. The summed E-state index contributed by atoms with van der Waals surface area (Å²) in [6.45, 7) is 19.0. The van der Waals surface area contributed by atoms with Crippen molar-refractivity contribution in [1.82, 2.24) is 0 Å². The molecule has 222 valence electrons. The Labute approximate surface area is 239 Å². The molecule has 4 aliphatic carbocycles. The summed E-state index contributed by atoms with van der Waals surface area (Å²) < 4.78 is 17.7. The molecule has 8 atom stereocenters. The molecular weight excluding hydrogens is 484 g/mol. The Hall–Kier alpha value is -0.870. The Morgan fingerprint density at radius 2 is 1.64 bits per heavy atom. The van der Waals surface area contributed by atoms with Crippen LogP contribution in [-0.2, 0) is 19.0 Å². The molecule has 5 aliphatic rings. The third-order valence-electron chi connectivity index (χ3n) is 12.5. The SMILES string of the molecule is CC(C)CCC[C@@H](C)[C@H]1CCC2C3CCC4=C[C@@H](OC(=O)C5(C)COC(C)(C)OC5)CC[C@]4(C)C3CC[C@@]21C. The number of ether oxygens (including phenoxy) is 3. The number of carbonyl (C=O) groups is 1. The fourth-order valence-electron chi connectivity index (χ4n) is 9.96.